The molecule has 0 aromatic rings. The first kappa shape index (κ1) is 10.1. The first-order chi connectivity index (χ1) is 4.17. The van der Waals surface area contributed by atoms with Crippen LogP contribution in [-0.4, -0.2) is 36.8 Å². The van der Waals surface area contributed by atoms with E-state index in [-0.39, 0.29) is 0 Å². The Morgan fingerprint density at radius 3 is 1.00 bits per heavy atom. The Morgan fingerprint density at radius 2 is 1.00 bits per heavy atom. The molecule has 0 spiro atoms. The Balaban J connectivity index is 4.59. The molecule has 0 rings (SSSR count). The van der Waals surface area contributed by atoms with Crippen molar-refractivity contribution in [3.8, 4) is 0 Å². The molecule has 0 aliphatic carbocycles. The first-order valence-corrected chi connectivity index (χ1v) is 4.51. The molecule has 0 atom stereocenters. The van der Waals surface area contributed by atoms with E-state index in [2.05, 4.69) is 0 Å². The average molecular weight is 178 g/mol. The van der Waals surface area contributed by atoms with E-state index in [9.17, 15) is 11.7 Å². The van der Waals surface area contributed by atoms with Crippen molar-refractivity contribution < 1.29 is 11.7 Å². The van der Waals surface area contributed by atoms with Crippen LogP contribution in [-0.2, 0) is 0 Å². The lowest BCUT2D eigenvalue weighted by Gasteiger charge is -2.49. The van der Waals surface area contributed by atoms with Crippen LogP contribution in [0.15, 0.2) is 0 Å². The van der Waals surface area contributed by atoms with Gasteiger partial charge in [-0.25, -0.2) is 8.61 Å². The van der Waals surface area contributed by atoms with Gasteiger partial charge in [0.05, 0.1) is 0 Å². The highest BCUT2D eigenvalue weighted by Gasteiger charge is 2.42. The van der Waals surface area contributed by atoms with Crippen LogP contribution >= 0.6 is 10.7 Å². The zero-order chi connectivity index (χ0) is 8.60. The summed E-state index contributed by atoms with van der Waals surface area (Å²) in [5, 5.41) is 0. The van der Waals surface area contributed by atoms with Crippen LogP contribution in [0.4, 0.5) is 11.7 Å². The molecule has 0 aromatic heterocycles. The molecular weight excluding hydrogens is 165 g/mol. The fourth-order valence-electron chi connectivity index (χ4n) is 0.358. The highest BCUT2D eigenvalue weighted by Crippen LogP contribution is 2.76. The Kier molecular flexibility index (Phi) is 2.30. The lowest BCUT2D eigenvalue weighted by atomic mass is 11.3. The van der Waals surface area contributed by atoms with Gasteiger partial charge in [-0.1, -0.05) is 0 Å². The van der Waals surface area contributed by atoms with Gasteiger partial charge >= 0.3 is 0 Å². The Labute approximate surface area is 60.0 Å². The van der Waals surface area contributed by atoms with Crippen molar-refractivity contribution in [3.05, 3.63) is 0 Å². The van der Waals surface area contributed by atoms with Gasteiger partial charge in [0, 0.05) is 28.2 Å². The van der Waals surface area contributed by atoms with Gasteiger partial charge in [-0.05, 0) is 0 Å². The van der Waals surface area contributed by atoms with Gasteiger partial charge in [-0.15, -0.1) is 11.7 Å². The minimum absolute atomic E-state index is 0.339. The molecule has 6 heteroatoms. The van der Waals surface area contributed by atoms with Crippen molar-refractivity contribution in [2.75, 3.05) is 28.2 Å². The van der Waals surface area contributed by atoms with Crippen molar-refractivity contribution in [3.63, 3.8) is 0 Å². The summed E-state index contributed by atoms with van der Waals surface area (Å²) in [5.41, 5.74) is 0. The van der Waals surface area contributed by atoms with Crippen molar-refractivity contribution in [2.24, 2.45) is 0 Å². The minimum Gasteiger partial charge on any atom is -0.215 e. The van der Waals surface area contributed by atoms with E-state index in [0.717, 1.165) is 28.2 Å². The summed E-state index contributed by atoms with van der Waals surface area (Å²) in [6.45, 7) is 0. The molecule has 0 saturated heterocycles. The van der Waals surface area contributed by atoms with Gasteiger partial charge in [0.15, 0.2) is 0 Å². The van der Waals surface area contributed by atoms with Gasteiger partial charge in [0.2, 0.25) is 0 Å². The van der Waals surface area contributed by atoms with Crippen LogP contribution < -0.4 is 0 Å². The van der Waals surface area contributed by atoms with E-state index >= 15 is 0 Å². The third-order valence-corrected chi connectivity index (χ3v) is 3.79. The molecule has 0 aliphatic rings. The second-order valence-electron chi connectivity index (χ2n) is 2.43. The third-order valence-electron chi connectivity index (χ3n) is 1.26. The molecule has 10 heavy (non-hydrogen) atoms. The fraction of sp³-hybridized carbons (Fsp3) is 1.00. The van der Waals surface area contributed by atoms with Crippen molar-refractivity contribution in [1.29, 1.82) is 0 Å². The van der Waals surface area contributed by atoms with E-state index < -0.39 is 10.7 Å². The minimum atomic E-state index is -6.15. The molecule has 0 heterocycles. The van der Waals surface area contributed by atoms with Crippen LogP contribution in [0.5, 0.6) is 0 Å². The smallest absolute Gasteiger partial charge is 0.132 e. The molecule has 2 nitrogen and oxygen atoms in total. The monoisotopic (exact) mass is 178 g/mol. The number of rotatable bonds is 2. The lowest BCUT2D eigenvalue weighted by Crippen LogP contribution is -2.32. The summed E-state index contributed by atoms with van der Waals surface area (Å²) in [5.74, 6) is 0. The van der Waals surface area contributed by atoms with Crippen LogP contribution in [0.1, 0.15) is 0 Å². The predicted octanol–water partition coefficient (Wildman–Crippen LogP) is 1.67. The molecule has 0 aromatic carbocycles. The van der Waals surface area contributed by atoms with Crippen LogP contribution in [0.25, 0.3) is 0 Å². The summed E-state index contributed by atoms with van der Waals surface area (Å²) in [6.07, 6.45) is 0. The zero-order valence-electron chi connectivity index (χ0n) is 6.48. The van der Waals surface area contributed by atoms with E-state index in [0.29, 0.717) is 8.61 Å². The van der Waals surface area contributed by atoms with Crippen molar-refractivity contribution in [2.45, 2.75) is 0 Å². The van der Waals surface area contributed by atoms with Crippen LogP contribution in [0, 0.1) is 0 Å². The largest absolute Gasteiger partial charge is 0.215 e. The molecule has 0 N–H and O–H groups in total. The Morgan fingerprint density at radius 1 is 0.800 bits per heavy atom. The normalized spacial score (nSPS) is 17.5. The molecule has 0 radical (unpaired) electrons. The summed E-state index contributed by atoms with van der Waals surface area (Å²) < 4.78 is 38.7. The van der Waals surface area contributed by atoms with Crippen molar-refractivity contribution in [1.82, 2.24) is 8.61 Å². The molecule has 0 aliphatic heterocycles. The molecule has 0 bridgehead atoms. The molecular formula is C4H13F3N2S. The first-order valence-electron chi connectivity index (χ1n) is 2.70. The van der Waals surface area contributed by atoms with E-state index in [1.165, 1.54) is 0 Å². The second kappa shape index (κ2) is 2.28. The van der Waals surface area contributed by atoms with Gasteiger partial charge < -0.3 is 0 Å². The highest BCUT2D eigenvalue weighted by atomic mass is 32.4. The Bertz CT molecular complexity index is 116. The number of hydrogen-bond acceptors (Lipinski definition) is 2. The summed E-state index contributed by atoms with van der Waals surface area (Å²) in [6, 6.07) is 0. The van der Waals surface area contributed by atoms with Gasteiger partial charge in [-0.3, -0.25) is 0 Å². The number of hydrogen-bond donors (Lipinski definition) is 1. The molecule has 0 amide bonds. The summed E-state index contributed by atoms with van der Waals surface area (Å²) in [4.78, 5) is 0. The SMILES string of the molecule is CN(C)[SH](F)(F)(F)N(C)C. The average Bonchev–Trinajstić information content (AvgIpc) is 1.63. The molecule has 0 unspecified atom stereocenters. The number of halogens is 3. The maximum Gasteiger partial charge on any atom is 0.132 e. The highest BCUT2D eigenvalue weighted by molar-refractivity contribution is 8.33. The fourth-order valence-corrected chi connectivity index (χ4v) is 1.07. The Hall–Kier alpha value is 0.0600. The van der Waals surface area contributed by atoms with Gasteiger partial charge in [-0.2, -0.15) is 0 Å². The quantitative estimate of drug-likeness (QED) is 0.642. The van der Waals surface area contributed by atoms with Crippen molar-refractivity contribution >= 4 is 10.7 Å². The number of nitrogens with zero attached hydrogens (tertiary/aromatic N) is 2. The lowest BCUT2D eigenvalue weighted by molar-refractivity contribution is 0.370. The molecule has 0 fully saturated rings. The zero-order valence-corrected chi connectivity index (χ0v) is 7.37. The van der Waals surface area contributed by atoms with E-state index in [1.807, 2.05) is 0 Å². The predicted molar refractivity (Wildman–Crippen MR) is 39.7 cm³/mol. The molecule has 66 valence electrons. The van der Waals surface area contributed by atoms with E-state index in [4.69, 9.17) is 0 Å². The molecule has 0 saturated carbocycles. The second-order valence-corrected chi connectivity index (χ2v) is 5.50. The third kappa shape index (κ3) is 1.56. The summed E-state index contributed by atoms with van der Waals surface area (Å²) >= 11 is 0. The van der Waals surface area contributed by atoms with E-state index in [1.54, 1.807) is 0 Å². The maximum atomic E-state index is 12.7. The van der Waals surface area contributed by atoms with Gasteiger partial charge in [0.25, 0.3) is 0 Å². The van der Waals surface area contributed by atoms with Crippen LogP contribution in [0.2, 0.25) is 0 Å². The number of thiol groups is 1. The topological polar surface area (TPSA) is 6.48 Å². The maximum absolute atomic E-state index is 12.7. The van der Waals surface area contributed by atoms with Crippen LogP contribution in [0.3, 0.4) is 0 Å². The van der Waals surface area contributed by atoms with Gasteiger partial charge in [0.1, 0.15) is 10.7 Å². The standard InChI is InChI=1S/C4H13F3N2S/c1-8(2)10(5,6,7)9(3)4/h10H,1-4H3. The summed E-state index contributed by atoms with van der Waals surface area (Å²) in [7, 11) is -2.05.